The van der Waals surface area contributed by atoms with E-state index in [-0.39, 0.29) is 0 Å². The summed E-state index contributed by atoms with van der Waals surface area (Å²) in [5, 5.41) is 3.42. The molecule has 1 aromatic carbocycles. The highest BCUT2D eigenvalue weighted by Gasteiger charge is 2.06. The molecule has 2 rings (SSSR count). The van der Waals surface area contributed by atoms with Gasteiger partial charge in [-0.05, 0) is 52.7 Å². The Bertz CT molecular complexity index is 478. The maximum atomic E-state index is 5.44. The predicted octanol–water partition coefficient (Wildman–Crippen LogP) is 4.66. The Hall–Kier alpha value is -0.580. The minimum Gasteiger partial charge on any atom is -0.453 e. The molecule has 4 heteroatoms. The van der Waals surface area contributed by atoms with Crippen molar-refractivity contribution in [2.45, 2.75) is 19.5 Å². The van der Waals surface area contributed by atoms with Gasteiger partial charge in [0.25, 0.3) is 0 Å². The summed E-state index contributed by atoms with van der Waals surface area (Å²) in [6, 6.07) is 12.5. The third kappa shape index (κ3) is 3.69. The SMILES string of the molecule is C[C@H](NCc1ccc(Br)o1)c1ccc(Br)cc1. The van der Waals surface area contributed by atoms with Crippen molar-refractivity contribution in [2.24, 2.45) is 0 Å². The first kappa shape index (κ1) is 12.9. The zero-order chi connectivity index (χ0) is 12.3. The zero-order valence-electron chi connectivity index (χ0n) is 9.41. The molecule has 90 valence electrons. The molecule has 1 N–H and O–H groups in total. The fourth-order valence-corrected chi connectivity index (χ4v) is 2.17. The first-order valence-corrected chi connectivity index (χ1v) is 6.97. The van der Waals surface area contributed by atoms with Gasteiger partial charge in [0, 0.05) is 10.5 Å². The van der Waals surface area contributed by atoms with Gasteiger partial charge in [0.15, 0.2) is 4.67 Å². The van der Waals surface area contributed by atoms with Crippen LogP contribution in [0, 0.1) is 0 Å². The van der Waals surface area contributed by atoms with E-state index < -0.39 is 0 Å². The Balaban J connectivity index is 1.93. The van der Waals surface area contributed by atoms with Gasteiger partial charge in [-0.3, -0.25) is 0 Å². The van der Waals surface area contributed by atoms with Gasteiger partial charge in [0.2, 0.25) is 0 Å². The van der Waals surface area contributed by atoms with Gasteiger partial charge in [-0.2, -0.15) is 0 Å². The number of benzene rings is 1. The third-order valence-corrected chi connectivity index (χ3v) is 3.54. The molecule has 0 spiro atoms. The highest BCUT2D eigenvalue weighted by Crippen LogP contribution is 2.18. The van der Waals surface area contributed by atoms with Crippen LogP contribution in [0.1, 0.15) is 24.3 Å². The van der Waals surface area contributed by atoms with Crippen molar-refractivity contribution < 1.29 is 4.42 Å². The van der Waals surface area contributed by atoms with Gasteiger partial charge in [0.1, 0.15) is 5.76 Å². The molecule has 17 heavy (non-hydrogen) atoms. The predicted molar refractivity (Wildman–Crippen MR) is 75.8 cm³/mol. The lowest BCUT2D eigenvalue weighted by Gasteiger charge is -2.13. The van der Waals surface area contributed by atoms with Crippen LogP contribution in [0.2, 0.25) is 0 Å². The van der Waals surface area contributed by atoms with Crippen LogP contribution in [0.3, 0.4) is 0 Å². The van der Waals surface area contributed by atoms with E-state index >= 15 is 0 Å². The highest BCUT2D eigenvalue weighted by molar-refractivity contribution is 9.10. The van der Waals surface area contributed by atoms with E-state index in [2.05, 4.69) is 68.4 Å². The number of rotatable bonds is 4. The van der Waals surface area contributed by atoms with Crippen LogP contribution >= 0.6 is 31.9 Å². The summed E-state index contributed by atoms with van der Waals surface area (Å²) in [5.41, 5.74) is 1.26. The van der Waals surface area contributed by atoms with Gasteiger partial charge < -0.3 is 9.73 Å². The zero-order valence-corrected chi connectivity index (χ0v) is 12.6. The number of nitrogens with one attached hydrogen (secondary N) is 1. The second kappa shape index (κ2) is 5.85. The normalized spacial score (nSPS) is 12.6. The topological polar surface area (TPSA) is 25.2 Å². The van der Waals surface area contributed by atoms with Gasteiger partial charge in [-0.1, -0.05) is 28.1 Å². The van der Waals surface area contributed by atoms with E-state index in [1.54, 1.807) is 0 Å². The largest absolute Gasteiger partial charge is 0.453 e. The van der Waals surface area contributed by atoms with Gasteiger partial charge in [0.05, 0.1) is 6.54 Å². The molecule has 0 aliphatic rings. The first-order chi connectivity index (χ1) is 8.15. The van der Waals surface area contributed by atoms with E-state index in [9.17, 15) is 0 Å². The smallest absolute Gasteiger partial charge is 0.169 e. The van der Waals surface area contributed by atoms with Crippen molar-refractivity contribution in [3.8, 4) is 0 Å². The molecule has 0 radical (unpaired) electrons. The maximum Gasteiger partial charge on any atom is 0.169 e. The maximum absolute atomic E-state index is 5.44. The van der Waals surface area contributed by atoms with Crippen molar-refractivity contribution in [3.05, 3.63) is 56.9 Å². The van der Waals surface area contributed by atoms with Crippen molar-refractivity contribution in [1.29, 1.82) is 0 Å². The fourth-order valence-electron chi connectivity index (χ4n) is 1.57. The van der Waals surface area contributed by atoms with Gasteiger partial charge in [-0.15, -0.1) is 0 Å². The molecule has 1 atom stereocenters. The molecule has 0 fully saturated rings. The van der Waals surface area contributed by atoms with E-state index in [0.717, 1.165) is 21.4 Å². The number of hydrogen-bond donors (Lipinski definition) is 1. The van der Waals surface area contributed by atoms with Crippen LogP contribution in [0.5, 0.6) is 0 Å². The summed E-state index contributed by atoms with van der Waals surface area (Å²) < 4.78 is 7.31. The third-order valence-electron chi connectivity index (χ3n) is 2.58. The average Bonchev–Trinajstić information content (AvgIpc) is 2.73. The van der Waals surface area contributed by atoms with Crippen LogP contribution in [0.25, 0.3) is 0 Å². The summed E-state index contributed by atoms with van der Waals surface area (Å²) in [6.07, 6.45) is 0. The van der Waals surface area contributed by atoms with Crippen molar-refractivity contribution in [1.82, 2.24) is 5.32 Å². The minimum absolute atomic E-state index is 0.298. The van der Waals surface area contributed by atoms with E-state index in [1.165, 1.54) is 5.56 Å². The molecule has 1 heterocycles. The molecular weight excluding hydrogens is 346 g/mol. The fraction of sp³-hybridized carbons (Fsp3) is 0.231. The summed E-state index contributed by atoms with van der Waals surface area (Å²) in [4.78, 5) is 0. The summed E-state index contributed by atoms with van der Waals surface area (Å²) in [7, 11) is 0. The average molecular weight is 359 g/mol. The standard InChI is InChI=1S/C13H13Br2NO/c1-9(10-2-4-11(14)5-3-10)16-8-12-6-7-13(15)17-12/h2-7,9,16H,8H2,1H3/t9-/m0/s1. The lowest BCUT2D eigenvalue weighted by Crippen LogP contribution is -2.17. The molecule has 0 saturated heterocycles. The van der Waals surface area contributed by atoms with Crippen LogP contribution < -0.4 is 5.32 Å². The van der Waals surface area contributed by atoms with Crippen LogP contribution in [-0.2, 0) is 6.54 Å². The molecule has 0 bridgehead atoms. The van der Waals surface area contributed by atoms with Crippen molar-refractivity contribution >= 4 is 31.9 Å². The molecule has 0 aliphatic carbocycles. The summed E-state index contributed by atoms with van der Waals surface area (Å²) >= 11 is 6.72. The molecule has 0 aliphatic heterocycles. The molecule has 0 saturated carbocycles. The van der Waals surface area contributed by atoms with Gasteiger partial charge in [-0.25, -0.2) is 0 Å². The Labute approximate surface area is 118 Å². The molecular formula is C13H13Br2NO. The second-order valence-electron chi connectivity index (χ2n) is 3.86. The molecule has 1 aromatic heterocycles. The second-order valence-corrected chi connectivity index (χ2v) is 5.56. The first-order valence-electron chi connectivity index (χ1n) is 5.38. The molecule has 2 nitrogen and oxygen atoms in total. The molecule has 2 aromatic rings. The van der Waals surface area contributed by atoms with Crippen LogP contribution in [-0.4, -0.2) is 0 Å². The molecule has 0 unspecified atom stereocenters. The minimum atomic E-state index is 0.298. The monoisotopic (exact) mass is 357 g/mol. The number of halogens is 2. The highest BCUT2D eigenvalue weighted by atomic mass is 79.9. The Morgan fingerprint density at radius 1 is 1.12 bits per heavy atom. The van der Waals surface area contributed by atoms with E-state index in [0.29, 0.717) is 6.04 Å². The van der Waals surface area contributed by atoms with Crippen molar-refractivity contribution in [3.63, 3.8) is 0 Å². The van der Waals surface area contributed by atoms with E-state index in [1.807, 2.05) is 12.1 Å². The van der Waals surface area contributed by atoms with Crippen molar-refractivity contribution in [2.75, 3.05) is 0 Å². The van der Waals surface area contributed by atoms with Crippen LogP contribution in [0.4, 0.5) is 0 Å². The summed E-state index contributed by atoms with van der Waals surface area (Å²) in [6.45, 7) is 2.87. The lowest BCUT2D eigenvalue weighted by atomic mass is 10.1. The number of hydrogen-bond acceptors (Lipinski definition) is 2. The van der Waals surface area contributed by atoms with Gasteiger partial charge >= 0.3 is 0 Å². The Morgan fingerprint density at radius 2 is 1.82 bits per heavy atom. The van der Waals surface area contributed by atoms with Crippen LogP contribution in [0.15, 0.2) is 50.0 Å². The lowest BCUT2D eigenvalue weighted by molar-refractivity contribution is 0.447. The Kier molecular flexibility index (Phi) is 4.42. The number of furan rings is 1. The molecule has 0 amide bonds. The van der Waals surface area contributed by atoms with E-state index in [4.69, 9.17) is 4.42 Å². The Morgan fingerprint density at radius 3 is 2.41 bits per heavy atom. The quantitative estimate of drug-likeness (QED) is 0.860. The summed E-state index contributed by atoms with van der Waals surface area (Å²) in [5.74, 6) is 0.931.